The maximum Gasteiger partial charge on any atom is 0.163 e. The normalized spacial score (nSPS) is 15.5. The number of nitrogens with two attached hydrogens (primary N) is 1. The van der Waals surface area contributed by atoms with Crippen LogP contribution in [0.5, 0.6) is 0 Å². The van der Waals surface area contributed by atoms with Crippen molar-refractivity contribution in [1.82, 2.24) is 25.1 Å². The van der Waals surface area contributed by atoms with Gasteiger partial charge in [-0.3, -0.25) is 0 Å². The fourth-order valence-corrected chi connectivity index (χ4v) is 4.36. The molecule has 142 valence electrons. The smallest absolute Gasteiger partial charge is 0.163 e. The molecule has 3 N–H and O–H groups in total. The Hall–Kier alpha value is -2.56. The van der Waals surface area contributed by atoms with E-state index in [0.29, 0.717) is 11.7 Å². The van der Waals surface area contributed by atoms with E-state index in [1.54, 1.807) is 0 Å². The van der Waals surface area contributed by atoms with Crippen LogP contribution in [0.1, 0.15) is 12.8 Å². The van der Waals surface area contributed by atoms with Crippen LogP contribution in [0.4, 0.5) is 5.82 Å². The highest BCUT2D eigenvalue weighted by Gasteiger charge is 2.20. The van der Waals surface area contributed by atoms with Crippen molar-refractivity contribution in [2.24, 2.45) is 5.92 Å². The van der Waals surface area contributed by atoms with Crippen LogP contribution in [0.2, 0.25) is 0 Å². The molecule has 0 radical (unpaired) electrons. The first-order chi connectivity index (χ1) is 13.7. The van der Waals surface area contributed by atoms with Gasteiger partial charge in [0.25, 0.3) is 0 Å². The summed E-state index contributed by atoms with van der Waals surface area (Å²) in [4.78, 5) is 8.75. The van der Waals surface area contributed by atoms with Crippen molar-refractivity contribution < 1.29 is 0 Å². The Balaban J connectivity index is 1.63. The number of aromatic nitrogens is 4. The first-order valence-corrected chi connectivity index (χ1v) is 10.2. The minimum Gasteiger partial charge on any atom is -0.383 e. The number of piperidine rings is 1. The fourth-order valence-electron chi connectivity index (χ4n) is 4.08. The number of nitrogen functional groups attached to an aromatic ring is 1. The number of benzene rings is 2. The van der Waals surface area contributed by atoms with Crippen molar-refractivity contribution in [2.75, 3.05) is 18.8 Å². The van der Waals surface area contributed by atoms with Crippen LogP contribution in [0.25, 0.3) is 33.1 Å². The molecule has 2 aromatic carbocycles. The molecule has 1 fully saturated rings. The Bertz CT molecular complexity index is 1160. The first-order valence-electron chi connectivity index (χ1n) is 9.66. The lowest BCUT2D eigenvalue weighted by atomic mass is 9.98. The van der Waals surface area contributed by atoms with Gasteiger partial charge in [-0.05, 0) is 60.1 Å². The van der Waals surface area contributed by atoms with Crippen LogP contribution in [-0.4, -0.2) is 32.8 Å². The third kappa shape index (κ3) is 3.13. The molecule has 0 aliphatic carbocycles. The quantitative estimate of drug-likeness (QED) is 0.526. The predicted molar refractivity (Wildman–Crippen MR) is 118 cm³/mol. The molecule has 1 saturated heterocycles. The summed E-state index contributed by atoms with van der Waals surface area (Å²) < 4.78 is 2.02. The number of hydrogen-bond donors (Lipinski definition) is 2. The van der Waals surface area contributed by atoms with E-state index in [0.717, 1.165) is 54.8 Å². The minimum absolute atomic E-state index is 0.483. The molecule has 28 heavy (non-hydrogen) atoms. The molecule has 6 nitrogen and oxygen atoms in total. The van der Waals surface area contributed by atoms with Gasteiger partial charge >= 0.3 is 0 Å². The zero-order valence-electron chi connectivity index (χ0n) is 15.6. The standard InChI is InChI=1S/C21H23N6P/c22-20-18-19(16-2-1-15-10-17(28)4-3-14(15)9-16)26-27(21(18)25-12-24-20)11-13-5-7-23-8-6-13/h1-4,9-10,12-13,23H,5-8,11,28H2,(H2,22,24,25). The summed E-state index contributed by atoms with van der Waals surface area (Å²) in [5.41, 5.74) is 8.98. The summed E-state index contributed by atoms with van der Waals surface area (Å²) in [6.45, 7) is 2.99. The number of fused-ring (bicyclic) bond motifs is 2. The number of nitrogens with one attached hydrogen (secondary N) is 1. The van der Waals surface area contributed by atoms with Gasteiger partial charge in [0.15, 0.2) is 5.65 Å². The van der Waals surface area contributed by atoms with Gasteiger partial charge in [-0.1, -0.05) is 24.3 Å². The van der Waals surface area contributed by atoms with Gasteiger partial charge < -0.3 is 11.1 Å². The highest BCUT2D eigenvalue weighted by atomic mass is 31.0. The second-order valence-corrected chi connectivity index (χ2v) is 8.17. The molecule has 2 aromatic heterocycles. The predicted octanol–water partition coefficient (Wildman–Crippen LogP) is 2.73. The first kappa shape index (κ1) is 17.5. The largest absolute Gasteiger partial charge is 0.383 e. The number of anilines is 1. The zero-order valence-corrected chi connectivity index (χ0v) is 16.8. The van der Waals surface area contributed by atoms with Gasteiger partial charge in [-0.2, -0.15) is 5.10 Å². The second kappa shape index (κ2) is 7.12. The van der Waals surface area contributed by atoms with E-state index in [-0.39, 0.29) is 0 Å². The molecule has 0 saturated carbocycles. The lowest BCUT2D eigenvalue weighted by molar-refractivity contribution is 0.325. The molecule has 1 aliphatic rings. The van der Waals surface area contributed by atoms with E-state index in [9.17, 15) is 0 Å². The molecule has 0 spiro atoms. The Morgan fingerprint density at radius 1 is 1.07 bits per heavy atom. The Labute approximate surface area is 165 Å². The average Bonchev–Trinajstić information content (AvgIpc) is 3.08. The van der Waals surface area contributed by atoms with Crippen LogP contribution in [0.3, 0.4) is 0 Å². The topological polar surface area (TPSA) is 81.7 Å². The summed E-state index contributed by atoms with van der Waals surface area (Å²) >= 11 is 0. The monoisotopic (exact) mass is 390 g/mol. The second-order valence-electron chi connectivity index (χ2n) is 7.50. The molecule has 0 bridgehead atoms. The average molecular weight is 390 g/mol. The van der Waals surface area contributed by atoms with Crippen molar-refractivity contribution in [3.05, 3.63) is 42.7 Å². The third-order valence-corrected chi connectivity index (χ3v) is 5.95. The molecule has 7 heteroatoms. The maximum atomic E-state index is 6.26. The summed E-state index contributed by atoms with van der Waals surface area (Å²) in [5.74, 6) is 1.09. The minimum atomic E-state index is 0.483. The molecule has 4 aromatic rings. The SMILES string of the molecule is Nc1ncnc2c1c(-c1ccc3cc(P)ccc3c1)nn2CC1CCNCC1. The molecular weight excluding hydrogens is 367 g/mol. The summed E-state index contributed by atoms with van der Waals surface area (Å²) in [7, 11) is 2.74. The van der Waals surface area contributed by atoms with Gasteiger partial charge in [-0.15, -0.1) is 9.24 Å². The van der Waals surface area contributed by atoms with Gasteiger partial charge in [0, 0.05) is 12.1 Å². The van der Waals surface area contributed by atoms with E-state index in [1.165, 1.54) is 22.4 Å². The van der Waals surface area contributed by atoms with E-state index in [1.807, 2.05) is 4.68 Å². The number of hydrogen-bond acceptors (Lipinski definition) is 5. The van der Waals surface area contributed by atoms with E-state index < -0.39 is 0 Å². The van der Waals surface area contributed by atoms with Crippen molar-refractivity contribution in [3.8, 4) is 11.3 Å². The molecule has 1 unspecified atom stereocenters. The Morgan fingerprint density at radius 2 is 1.86 bits per heavy atom. The molecule has 3 heterocycles. The van der Waals surface area contributed by atoms with Gasteiger partial charge in [0.1, 0.15) is 17.8 Å². The van der Waals surface area contributed by atoms with Crippen molar-refractivity contribution in [1.29, 1.82) is 0 Å². The zero-order chi connectivity index (χ0) is 19.1. The van der Waals surface area contributed by atoms with E-state index in [4.69, 9.17) is 10.8 Å². The summed E-state index contributed by atoms with van der Waals surface area (Å²) in [5, 5.41) is 12.8. The molecule has 5 rings (SSSR count). The lowest BCUT2D eigenvalue weighted by Crippen LogP contribution is -2.30. The third-order valence-electron chi connectivity index (χ3n) is 5.59. The molecule has 1 aliphatic heterocycles. The fraction of sp³-hybridized carbons (Fsp3) is 0.286. The Morgan fingerprint density at radius 3 is 2.71 bits per heavy atom. The lowest BCUT2D eigenvalue weighted by Gasteiger charge is -2.22. The van der Waals surface area contributed by atoms with Gasteiger partial charge in [0.05, 0.1) is 5.39 Å². The maximum absolute atomic E-state index is 6.26. The van der Waals surface area contributed by atoms with E-state index >= 15 is 0 Å². The number of rotatable bonds is 3. The van der Waals surface area contributed by atoms with E-state index in [2.05, 4.69) is 60.9 Å². The highest BCUT2D eigenvalue weighted by Crippen LogP contribution is 2.32. The summed E-state index contributed by atoms with van der Waals surface area (Å²) in [6.07, 6.45) is 3.85. The van der Waals surface area contributed by atoms with Crippen LogP contribution < -0.4 is 16.4 Å². The van der Waals surface area contributed by atoms with Crippen LogP contribution in [-0.2, 0) is 6.54 Å². The van der Waals surface area contributed by atoms with Crippen molar-refractivity contribution in [2.45, 2.75) is 19.4 Å². The van der Waals surface area contributed by atoms with Crippen LogP contribution >= 0.6 is 9.24 Å². The highest BCUT2D eigenvalue weighted by molar-refractivity contribution is 7.27. The molecular formula is C21H23N6P. The summed E-state index contributed by atoms with van der Waals surface area (Å²) in [6, 6.07) is 12.8. The van der Waals surface area contributed by atoms with Crippen molar-refractivity contribution in [3.63, 3.8) is 0 Å². The van der Waals surface area contributed by atoms with Crippen molar-refractivity contribution >= 4 is 42.2 Å². The van der Waals surface area contributed by atoms with Crippen LogP contribution in [0.15, 0.2) is 42.7 Å². The Kier molecular flexibility index (Phi) is 4.46. The number of nitrogens with zero attached hydrogens (tertiary/aromatic N) is 4. The van der Waals surface area contributed by atoms with Gasteiger partial charge in [0.2, 0.25) is 0 Å². The molecule has 1 atom stereocenters. The molecule has 0 amide bonds. The van der Waals surface area contributed by atoms with Crippen LogP contribution in [0, 0.1) is 5.92 Å². The van der Waals surface area contributed by atoms with Gasteiger partial charge in [-0.25, -0.2) is 14.6 Å².